The number of rotatable bonds is 6. The van der Waals surface area contributed by atoms with Crippen LogP contribution in [0.1, 0.15) is 61.8 Å². The second kappa shape index (κ2) is 8.33. The molecule has 6 nitrogen and oxygen atoms in total. The fourth-order valence-corrected chi connectivity index (χ4v) is 5.90. The lowest BCUT2D eigenvalue weighted by Gasteiger charge is -2.32. The van der Waals surface area contributed by atoms with Gasteiger partial charge in [-0.3, -0.25) is 4.79 Å². The standard InChI is InChI=1S/C21H30N4O2S/c1-4-22-17(26)11-13-5-10-16-18(13)19-20(23-12-24-21(19)28-16)27-15-8-6-14(7-9-15)25(2)3/h12-15H,4-11H2,1-3H3,(H,22,26)/t13-,14-,15-/m1/s1. The van der Waals surface area contributed by atoms with Crippen molar-refractivity contribution in [2.75, 3.05) is 20.6 Å². The Morgan fingerprint density at radius 3 is 2.75 bits per heavy atom. The predicted molar refractivity (Wildman–Crippen MR) is 112 cm³/mol. The van der Waals surface area contributed by atoms with E-state index < -0.39 is 0 Å². The van der Waals surface area contributed by atoms with E-state index in [1.54, 1.807) is 17.7 Å². The highest BCUT2D eigenvalue weighted by molar-refractivity contribution is 7.19. The summed E-state index contributed by atoms with van der Waals surface area (Å²) in [6, 6.07) is 0.650. The summed E-state index contributed by atoms with van der Waals surface area (Å²) < 4.78 is 6.42. The van der Waals surface area contributed by atoms with Crippen LogP contribution in [-0.4, -0.2) is 53.6 Å². The first kappa shape index (κ1) is 19.6. The molecule has 2 heterocycles. The van der Waals surface area contributed by atoms with Gasteiger partial charge in [0.25, 0.3) is 0 Å². The molecule has 2 aromatic heterocycles. The minimum Gasteiger partial charge on any atom is -0.474 e. The predicted octanol–water partition coefficient (Wildman–Crippen LogP) is 3.50. The minimum absolute atomic E-state index is 0.126. The maximum Gasteiger partial charge on any atom is 0.225 e. The first-order valence-corrected chi connectivity index (χ1v) is 11.2. The Morgan fingerprint density at radius 2 is 2.04 bits per heavy atom. The Labute approximate surface area is 170 Å². The maximum absolute atomic E-state index is 12.2. The third kappa shape index (κ3) is 3.87. The molecule has 1 fully saturated rings. The van der Waals surface area contributed by atoms with Crippen LogP contribution >= 0.6 is 11.3 Å². The molecule has 4 rings (SSSR count). The molecule has 2 aliphatic carbocycles. The van der Waals surface area contributed by atoms with E-state index in [4.69, 9.17) is 4.74 Å². The average molecular weight is 403 g/mol. The van der Waals surface area contributed by atoms with Crippen LogP contribution in [0.2, 0.25) is 0 Å². The third-order valence-corrected chi connectivity index (χ3v) is 7.33. The summed E-state index contributed by atoms with van der Waals surface area (Å²) in [5.41, 5.74) is 1.27. The Kier molecular flexibility index (Phi) is 5.83. The summed E-state index contributed by atoms with van der Waals surface area (Å²) in [5.74, 6) is 1.09. The highest BCUT2D eigenvalue weighted by atomic mass is 32.1. The van der Waals surface area contributed by atoms with Gasteiger partial charge >= 0.3 is 0 Å². The molecule has 0 aromatic carbocycles. The maximum atomic E-state index is 12.2. The van der Waals surface area contributed by atoms with Gasteiger partial charge in [-0.1, -0.05) is 0 Å². The Balaban J connectivity index is 1.56. The van der Waals surface area contributed by atoms with Crippen molar-refractivity contribution in [1.29, 1.82) is 0 Å². The van der Waals surface area contributed by atoms with Crippen LogP contribution in [0.5, 0.6) is 5.88 Å². The van der Waals surface area contributed by atoms with Crippen molar-refractivity contribution in [2.24, 2.45) is 0 Å². The highest BCUT2D eigenvalue weighted by Gasteiger charge is 2.32. The molecule has 152 valence electrons. The second-order valence-corrected chi connectivity index (χ2v) is 9.29. The van der Waals surface area contributed by atoms with Crippen molar-refractivity contribution < 1.29 is 9.53 Å². The molecule has 2 aliphatic rings. The molecule has 0 aliphatic heterocycles. The van der Waals surface area contributed by atoms with Crippen molar-refractivity contribution in [1.82, 2.24) is 20.2 Å². The van der Waals surface area contributed by atoms with Crippen LogP contribution in [0.15, 0.2) is 6.33 Å². The lowest BCUT2D eigenvalue weighted by atomic mass is 9.92. The van der Waals surface area contributed by atoms with Crippen LogP contribution in [0, 0.1) is 0 Å². The van der Waals surface area contributed by atoms with Crippen molar-refractivity contribution >= 4 is 27.5 Å². The molecule has 0 spiro atoms. The van der Waals surface area contributed by atoms with Crippen LogP contribution in [0.3, 0.4) is 0 Å². The zero-order valence-electron chi connectivity index (χ0n) is 17.0. The first-order chi connectivity index (χ1) is 13.6. The molecule has 0 radical (unpaired) electrons. The fraction of sp³-hybridized carbons (Fsp3) is 0.667. The number of ether oxygens (including phenoxy) is 1. The monoisotopic (exact) mass is 402 g/mol. The zero-order chi connectivity index (χ0) is 19.7. The van der Waals surface area contributed by atoms with Crippen LogP contribution < -0.4 is 10.1 Å². The Hall–Kier alpha value is -1.73. The van der Waals surface area contributed by atoms with Gasteiger partial charge in [0, 0.05) is 23.9 Å². The number of hydrogen-bond acceptors (Lipinski definition) is 6. The molecule has 0 bridgehead atoms. The van der Waals surface area contributed by atoms with Gasteiger partial charge in [0.2, 0.25) is 11.8 Å². The zero-order valence-corrected chi connectivity index (χ0v) is 17.8. The van der Waals surface area contributed by atoms with Gasteiger partial charge in [-0.15, -0.1) is 11.3 Å². The topological polar surface area (TPSA) is 67.3 Å². The molecule has 1 saturated carbocycles. The number of hydrogen-bond donors (Lipinski definition) is 1. The van der Waals surface area contributed by atoms with Crippen molar-refractivity contribution in [3.8, 4) is 5.88 Å². The molecule has 7 heteroatoms. The molecular weight excluding hydrogens is 372 g/mol. The summed E-state index contributed by atoms with van der Waals surface area (Å²) in [5, 5.41) is 3.99. The van der Waals surface area contributed by atoms with E-state index in [2.05, 4.69) is 34.3 Å². The van der Waals surface area contributed by atoms with Crippen molar-refractivity contribution in [2.45, 2.75) is 69.9 Å². The van der Waals surface area contributed by atoms with Crippen LogP contribution in [0.25, 0.3) is 10.2 Å². The number of amides is 1. The van der Waals surface area contributed by atoms with Gasteiger partial charge in [-0.2, -0.15) is 0 Å². The molecule has 1 N–H and O–H groups in total. The summed E-state index contributed by atoms with van der Waals surface area (Å²) in [4.78, 5) is 25.9. The van der Waals surface area contributed by atoms with Gasteiger partial charge in [0.15, 0.2) is 0 Å². The number of fused-ring (bicyclic) bond motifs is 3. The van der Waals surface area contributed by atoms with Gasteiger partial charge in [0.1, 0.15) is 17.3 Å². The average Bonchev–Trinajstić information content (AvgIpc) is 3.22. The van der Waals surface area contributed by atoms with Crippen LogP contribution in [0.4, 0.5) is 0 Å². The number of carbonyl (C=O) groups is 1. The van der Waals surface area contributed by atoms with Gasteiger partial charge in [0.05, 0.1) is 5.39 Å². The van der Waals surface area contributed by atoms with Crippen LogP contribution in [-0.2, 0) is 11.2 Å². The minimum atomic E-state index is 0.126. The summed E-state index contributed by atoms with van der Waals surface area (Å²) in [6.07, 6.45) is 8.85. The molecule has 0 unspecified atom stereocenters. The Morgan fingerprint density at radius 1 is 1.25 bits per heavy atom. The van der Waals surface area contributed by atoms with E-state index in [-0.39, 0.29) is 17.9 Å². The smallest absolute Gasteiger partial charge is 0.225 e. The normalized spacial score (nSPS) is 24.5. The van der Waals surface area contributed by atoms with E-state index in [0.717, 1.165) is 54.6 Å². The lowest BCUT2D eigenvalue weighted by Crippen LogP contribution is -2.35. The number of aryl methyl sites for hydroxylation is 1. The summed E-state index contributed by atoms with van der Waals surface area (Å²) >= 11 is 1.74. The van der Waals surface area contributed by atoms with E-state index in [1.807, 2.05) is 6.92 Å². The molecule has 1 amide bonds. The van der Waals surface area contributed by atoms with E-state index >= 15 is 0 Å². The lowest BCUT2D eigenvalue weighted by molar-refractivity contribution is -0.121. The molecule has 1 atom stereocenters. The number of nitrogens with one attached hydrogen (secondary N) is 1. The largest absolute Gasteiger partial charge is 0.474 e. The van der Waals surface area contributed by atoms with Gasteiger partial charge in [-0.25, -0.2) is 9.97 Å². The van der Waals surface area contributed by atoms with Gasteiger partial charge < -0.3 is 15.0 Å². The SMILES string of the molecule is CCNC(=O)C[C@H]1CCc2sc3ncnc(O[C@H]4CC[C@H](N(C)C)CC4)c3c21. The number of nitrogens with zero attached hydrogens (tertiary/aromatic N) is 3. The number of carbonyl (C=O) groups excluding carboxylic acids is 1. The quantitative estimate of drug-likeness (QED) is 0.801. The highest BCUT2D eigenvalue weighted by Crippen LogP contribution is 2.47. The Bertz CT molecular complexity index is 842. The molecule has 2 aromatic rings. The van der Waals surface area contributed by atoms with E-state index in [9.17, 15) is 4.79 Å². The number of thiophene rings is 1. The molecular formula is C21H30N4O2S. The third-order valence-electron chi connectivity index (χ3n) is 6.15. The van der Waals surface area contributed by atoms with Gasteiger partial charge in [-0.05, 0) is 71.0 Å². The van der Waals surface area contributed by atoms with Crippen molar-refractivity contribution in [3.63, 3.8) is 0 Å². The first-order valence-electron chi connectivity index (χ1n) is 10.4. The summed E-state index contributed by atoms with van der Waals surface area (Å²) in [6.45, 7) is 2.64. The van der Waals surface area contributed by atoms with Crippen molar-refractivity contribution in [3.05, 3.63) is 16.8 Å². The van der Waals surface area contributed by atoms with E-state index in [0.29, 0.717) is 19.0 Å². The molecule has 0 saturated heterocycles. The fourth-order valence-electron chi connectivity index (χ4n) is 4.66. The molecule has 28 heavy (non-hydrogen) atoms. The van der Waals surface area contributed by atoms with E-state index in [1.165, 1.54) is 10.4 Å². The summed E-state index contributed by atoms with van der Waals surface area (Å²) in [7, 11) is 4.31. The number of aromatic nitrogens is 2. The second-order valence-electron chi connectivity index (χ2n) is 8.20.